The molecule has 0 unspecified atom stereocenters. The number of nitrogens with zero attached hydrogens (tertiary/aromatic N) is 3. The van der Waals surface area contributed by atoms with Crippen molar-refractivity contribution in [1.82, 2.24) is 14.7 Å². The number of alkyl halides is 6. The molecule has 0 aromatic heterocycles. The Labute approximate surface area is 348 Å². The maximum Gasteiger partial charge on any atom is 0.416 e. The summed E-state index contributed by atoms with van der Waals surface area (Å²) in [5, 5.41) is 0.483. The first-order chi connectivity index (χ1) is 27.0. The summed E-state index contributed by atoms with van der Waals surface area (Å²) in [4.78, 5) is 43.8. The van der Waals surface area contributed by atoms with E-state index >= 15 is 0 Å². The number of Topliss-reactive ketones (excluding diaryl/α,β-unsaturated/α-hetero) is 1. The minimum absolute atomic E-state index is 0. The predicted octanol–water partition coefficient (Wildman–Crippen LogP) is 8.38. The second-order valence-corrected chi connectivity index (χ2v) is 16.1. The zero-order valence-corrected chi connectivity index (χ0v) is 33.6. The van der Waals surface area contributed by atoms with E-state index in [2.05, 4.69) is 17.0 Å². The number of benzene rings is 3. The van der Waals surface area contributed by atoms with Gasteiger partial charge in [0, 0.05) is 50.0 Å². The Balaban J connectivity index is 0.00000567. The average Bonchev–Trinajstić information content (AvgIpc) is 3.49. The summed E-state index contributed by atoms with van der Waals surface area (Å²) in [6.45, 7) is 2.23. The van der Waals surface area contributed by atoms with E-state index in [9.17, 15) is 40.7 Å². The van der Waals surface area contributed by atoms with Gasteiger partial charge >= 0.3 is 12.4 Å². The molecule has 3 aromatic carbocycles. The highest BCUT2D eigenvalue weighted by Crippen LogP contribution is 2.48. The molecule has 3 aliphatic heterocycles. The number of hydrogen-bond donors (Lipinski definition) is 0. The Morgan fingerprint density at radius 1 is 0.828 bits per heavy atom. The molecule has 2 amide bonds. The van der Waals surface area contributed by atoms with Crippen molar-refractivity contribution in [3.05, 3.63) is 104 Å². The van der Waals surface area contributed by atoms with Gasteiger partial charge in [-0.15, -0.1) is 12.4 Å². The van der Waals surface area contributed by atoms with E-state index in [1.807, 2.05) is 12.1 Å². The van der Waals surface area contributed by atoms with Crippen LogP contribution in [0.4, 0.5) is 26.3 Å². The quantitative estimate of drug-likeness (QED) is 0.212. The predicted molar refractivity (Wildman–Crippen MR) is 206 cm³/mol. The summed E-state index contributed by atoms with van der Waals surface area (Å²) in [6.07, 6.45) is -7.33. The molecule has 0 radical (unpaired) electrons. The second-order valence-electron chi connectivity index (χ2n) is 15.3. The van der Waals surface area contributed by atoms with Gasteiger partial charge in [0.1, 0.15) is 18.0 Å². The zero-order valence-electron chi connectivity index (χ0n) is 31.3. The fraction of sp³-hybridized carbons (Fsp3) is 0.488. The highest BCUT2D eigenvalue weighted by molar-refractivity contribution is 6.42. The maximum atomic E-state index is 13.8. The Morgan fingerprint density at radius 3 is 2.12 bits per heavy atom. The fourth-order valence-corrected chi connectivity index (χ4v) is 9.11. The highest BCUT2D eigenvalue weighted by atomic mass is 35.5. The lowest BCUT2D eigenvalue weighted by Gasteiger charge is -2.46. The first-order valence-electron chi connectivity index (χ1n) is 18.9. The third-order valence-corrected chi connectivity index (χ3v) is 12.7. The van der Waals surface area contributed by atoms with Crippen LogP contribution in [-0.2, 0) is 48.9 Å². The largest absolute Gasteiger partial charge is 0.416 e. The molecule has 3 heterocycles. The Morgan fingerprint density at radius 2 is 1.48 bits per heavy atom. The van der Waals surface area contributed by atoms with Gasteiger partial charge in [-0.05, 0) is 85.8 Å². The van der Waals surface area contributed by atoms with Crippen molar-refractivity contribution in [2.45, 2.75) is 68.0 Å². The van der Waals surface area contributed by atoms with E-state index in [-0.39, 0.29) is 78.0 Å². The van der Waals surface area contributed by atoms with Gasteiger partial charge in [0.25, 0.3) is 5.91 Å². The summed E-state index contributed by atoms with van der Waals surface area (Å²) in [5.41, 5.74) is -2.50. The molecule has 8 nitrogen and oxygen atoms in total. The molecule has 1 spiro atoms. The molecule has 58 heavy (non-hydrogen) atoms. The molecule has 3 fully saturated rings. The van der Waals surface area contributed by atoms with E-state index in [0.717, 1.165) is 12.8 Å². The average molecular weight is 877 g/mol. The number of morpholine rings is 1. The minimum atomic E-state index is -5.11. The first kappa shape index (κ1) is 44.2. The number of ether oxygens (including phenoxy) is 2. The topological polar surface area (TPSA) is 79.4 Å². The molecule has 0 bridgehead atoms. The Bertz CT molecular complexity index is 1980. The van der Waals surface area contributed by atoms with Gasteiger partial charge in [0.05, 0.1) is 40.4 Å². The highest BCUT2D eigenvalue weighted by Gasteiger charge is 2.50. The number of likely N-dealkylation sites (tertiary alicyclic amines) is 2. The van der Waals surface area contributed by atoms with Crippen LogP contribution in [0.3, 0.4) is 0 Å². The van der Waals surface area contributed by atoms with Crippen LogP contribution >= 0.6 is 35.6 Å². The van der Waals surface area contributed by atoms with Crippen molar-refractivity contribution < 1.29 is 50.2 Å². The molecule has 0 saturated carbocycles. The van der Waals surface area contributed by atoms with E-state index in [4.69, 9.17) is 32.7 Å². The van der Waals surface area contributed by atoms with Gasteiger partial charge in [-0.2, -0.15) is 26.3 Å². The maximum absolute atomic E-state index is 13.8. The molecule has 3 saturated heterocycles. The molecule has 314 valence electrons. The SMILES string of the molecule is Cl.O=C1CCN(C(=O)CO[C@H]2Cc3ccccc3C23CCN(CC[C@]2(c4ccc(Cl)c(Cl)c4)CN(C(=O)c4cc(C(F)(F)F)cc(C(F)(F)F)c4)CCO2)CC3)CC1. The minimum Gasteiger partial charge on any atom is -0.367 e. The number of fused-ring (bicyclic) bond motifs is 2. The van der Waals surface area contributed by atoms with Crippen LogP contribution in [-0.4, -0.2) is 97.4 Å². The first-order valence-corrected chi connectivity index (χ1v) is 19.6. The van der Waals surface area contributed by atoms with Crippen LogP contribution in [0.25, 0.3) is 0 Å². The van der Waals surface area contributed by atoms with Crippen LogP contribution in [0.15, 0.2) is 60.7 Å². The smallest absolute Gasteiger partial charge is 0.367 e. The lowest BCUT2D eigenvalue weighted by molar-refractivity contribution is -0.144. The van der Waals surface area contributed by atoms with Gasteiger partial charge in [-0.25, -0.2) is 0 Å². The number of carbonyl (C=O) groups is 3. The third-order valence-electron chi connectivity index (χ3n) is 12.0. The molecule has 3 aromatic rings. The van der Waals surface area contributed by atoms with Crippen LogP contribution in [0.5, 0.6) is 0 Å². The number of carbonyl (C=O) groups excluding carboxylic acids is 3. The summed E-state index contributed by atoms with van der Waals surface area (Å²) in [5.74, 6) is -0.969. The van der Waals surface area contributed by atoms with Gasteiger partial charge in [-0.1, -0.05) is 53.5 Å². The monoisotopic (exact) mass is 875 g/mol. The van der Waals surface area contributed by atoms with E-state index in [0.29, 0.717) is 76.1 Å². The van der Waals surface area contributed by atoms with Crippen molar-refractivity contribution >= 4 is 53.2 Å². The number of rotatable bonds is 8. The molecular formula is C41H42Cl3F6N3O5. The molecule has 0 N–H and O–H groups in total. The standard InChI is InChI=1S/C41H41Cl2F6N3O5.ClH/c42-33-6-5-28(23-34(33)43)39(25-52(17-18-57-39)37(55)27-19-29(40(44,45)46)22-30(20-27)41(47,48)49)11-16-50-14-9-38(10-15-50)32-4-2-1-3-26(32)21-35(38)56-24-36(54)51-12-7-31(53)8-13-51;/h1-6,19-20,22-23,35H,7-18,21,24-25H2;1H/t35-,39+;/m0./s1. The van der Waals surface area contributed by atoms with E-state index in [1.165, 1.54) is 16.0 Å². The van der Waals surface area contributed by atoms with Crippen molar-refractivity contribution in [2.75, 3.05) is 59.0 Å². The van der Waals surface area contributed by atoms with Crippen molar-refractivity contribution in [1.29, 1.82) is 0 Å². The van der Waals surface area contributed by atoms with Crippen molar-refractivity contribution in [2.24, 2.45) is 0 Å². The molecule has 4 aliphatic rings. The van der Waals surface area contributed by atoms with E-state index in [1.54, 1.807) is 23.1 Å². The van der Waals surface area contributed by atoms with E-state index < -0.39 is 40.6 Å². The third kappa shape index (κ3) is 9.17. The van der Waals surface area contributed by atoms with Crippen molar-refractivity contribution in [3.63, 3.8) is 0 Å². The number of piperidine rings is 2. The summed E-state index contributed by atoms with van der Waals surface area (Å²) in [7, 11) is 0. The number of amides is 2. The molecule has 2 atom stereocenters. The fourth-order valence-electron chi connectivity index (χ4n) is 8.81. The zero-order chi connectivity index (χ0) is 40.8. The van der Waals surface area contributed by atoms with Gasteiger partial charge in [0.15, 0.2) is 0 Å². The van der Waals surface area contributed by atoms with Crippen LogP contribution < -0.4 is 0 Å². The lowest BCUT2D eigenvalue weighted by Crippen LogP contribution is -2.54. The second kappa shape index (κ2) is 17.3. The van der Waals surface area contributed by atoms with Crippen LogP contribution in [0.2, 0.25) is 10.0 Å². The number of ketones is 1. The normalized spacial score (nSPS) is 22.5. The van der Waals surface area contributed by atoms with Gasteiger partial charge in [-0.3, -0.25) is 14.4 Å². The van der Waals surface area contributed by atoms with Crippen LogP contribution in [0.1, 0.15) is 70.3 Å². The van der Waals surface area contributed by atoms with Gasteiger partial charge in [0.2, 0.25) is 5.91 Å². The summed E-state index contributed by atoms with van der Waals surface area (Å²) < 4.78 is 95.1. The van der Waals surface area contributed by atoms with Crippen molar-refractivity contribution in [3.8, 4) is 0 Å². The molecule has 1 aliphatic carbocycles. The summed E-state index contributed by atoms with van der Waals surface area (Å²) >= 11 is 12.7. The Kier molecular flexibility index (Phi) is 13.2. The summed E-state index contributed by atoms with van der Waals surface area (Å²) in [6, 6.07) is 14.0. The lowest BCUT2D eigenvalue weighted by atomic mass is 9.72. The molecule has 7 rings (SSSR count). The molecular weight excluding hydrogens is 835 g/mol. The van der Waals surface area contributed by atoms with Crippen LogP contribution in [0, 0.1) is 0 Å². The molecule has 17 heteroatoms. The Hall–Kier alpha value is -3.40. The van der Waals surface area contributed by atoms with Gasteiger partial charge < -0.3 is 24.2 Å². The number of hydrogen-bond acceptors (Lipinski definition) is 6. The number of halogens is 9.